The molecule has 0 atom stereocenters. The standard InChI is InChI=1S/C22H21N5O2/c1-23-14-25(21-9-5-3-7-19(21)23)16-11-17(13-18(12-16)27(28)29)26-15-24(2)20-8-4-6-10-22(20)26/h3-13H,14-15H2,1-2H3. The number of fused-ring (bicyclic) bond motifs is 2. The highest BCUT2D eigenvalue weighted by molar-refractivity contribution is 5.87. The van der Waals surface area contributed by atoms with E-state index in [-0.39, 0.29) is 10.6 Å². The molecule has 5 rings (SSSR count). The summed E-state index contributed by atoms with van der Waals surface area (Å²) in [7, 11) is 4.06. The zero-order chi connectivity index (χ0) is 20.1. The SMILES string of the molecule is CN1CN(c2cc(N3CN(C)c4ccccc43)cc([N+](=O)[O-])c2)c2ccccc21. The topological polar surface area (TPSA) is 56.1 Å². The lowest BCUT2D eigenvalue weighted by Crippen LogP contribution is -2.26. The van der Waals surface area contributed by atoms with Crippen LogP contribution in [0.25, 0.3) is 0 Å². The Morgan fingerprint density at radius 3 is 1.55 bits per heavy atom. The Labute approximate surface area is 169 Å². The molecular formula is C22H21N5O2. The van der Waals surface area contributed by atoms with Crippen LogP contribution in [0.1, 0.15) is 0 Å². The monoisotopic (exact) mass is 387 g/mol. The zero-order valence-electron chi connectivity index (χ0n) is 16.3. The van der Waals surface area contributed by atoms with Gasteiger partial charge < -0.3 is 19.6 Å². The maximum absolute atomic E-state index is 11.7. The van der Waals surface area contributed by atoms with E-state index < -0.39 is 0 Å². The highest BCUT2D eigenvalue weighted by atomic mass is 16.6. The van der Waals surface area contributed by atoms with Gasteiger partial charge in [-0.25, -0.2) is 0 Å². The van der Waals surface area contributed by atoms with Gasteiger partial charge in [0.05, 0.1) is 52.4 Å². The van der Waals surface area contributed by atoms with Gasteiger partial charge in [-0.15, -0.1) is 0 Å². The zero-order valence-corrected chi connectivity index (χ0v) is 16.3. The molecular weight excluding hydrogens is 366 g/mol. The molecule has 2 aliphatic heterocycles. The van der Waals surface area contributed by atoms with Gasteiger partial charge in [0.15, 0.2) is 0 Å². The highest BCUT2D eigenvalue weighted by Crippen LogP contribution is 2.45. The number of nitro benzene ring substituents is 1. The summed E-state index contributed by atoms with van der Waals surface area (Å²) in [6, 6.07) is 21.6. The summed E-state index contributed by atoms with van der Waals surface area (Å²) >= 11 is 0. The number of anilines is 6. The lowest BCUT2D eigenvalue weighted by atomic mass is 10.2. The van der Waals surface area contributed by atoms with E-state index in [1.165, 1.54) is 0 Å². The van der Waals surface area contributed by atoms with Gasteiger partial charge in [-0.2, -0.15) is 0 Å². The Bertz CT molecular complexity index is 1040. The van der Waals surface area contributed by atoms with Crippen LogP contribution < -0.4 is 19.6 Å². The molecule has 0 saturated heterocycles. The molecule has 0 saturated carbocycles. The smallest absolute Gasteiger partial charge is 0.273 e. The molecule has 0 amide bonds. The van der Waals surface area contributed by atoms with Crippen LogP contribution in [0.2, 0.25) is 0 Å². The summed E-state index contributed by atoms with van der Waals surface area (Å²) in [5.74, 6) is 0. The first-order chi connectivity index (χ1) is 14.0. The van der Waals surface area contributed by atoms with Crippen molar-refractivity contribution < 1.29 is 4.92 Å². The molecule has 0 aliphatic carbocycles. The van der Waals surface area contributed by atoms with Crippen molar-refractivity contribution in [2.75, 3.05) is 47.0 Å². The summed E-state index contributed by atoms with van der Waals surface area (Å²) in [6.45, 7) is 1.30. The Hall–Kier alpha value is -3.74. The van der Waals surface area contributed by atoms with Crippen LogP contribution in [-0.4, -0.2) is 32.4 Å². The van der Waals surface area contributed by atoms with E-state index in [1.807, 2.05) is 44.4 Å². The van der Waals surface area contributed by atoms with Crippen molar-refractivity contribution in [1.29, 1.82) is 0 Å². The summed E-state index contributed by atoms with van der Waals surface area (Å²) in [4.78, 5) is 19.9. The quantitative estimate of drug-likeness (QED) is 0.480. The van der Waals surface area contributed by atoms with Crippen molar-refractivity contribution in [2.45, 2.75) is 0 Å². The largest absolute Gasteiger partial charge is 0.355 e. The minimum atomic E-state index is -0.315. The van der Waals surface area contributed by atoms with E-state index in [9.17, 15) is 10.1 Å². The molecule has 2 aliphatic rings. The van der Waals surface area contributed by atoms with Crippen molar-refractivity contribution in [2.24, 2.45) is 0 Å². The Morgan fingerprint density at radius 2 is 1.14 bits per heavy atom. The predicted molar refractivity (Wildman–Crippen MR) is 117 cm³/mol. The third-order valence-electron chi connectivity index (χ3n) is 5.60. The van der Waals surface area contributed by atoms with Crippen LogP contribution in [0.5, 0.6) is 0 Å². The summed E-state index contributed by atoms with van der Waals surface area (Å²) in [5.41, 5.74) is 6.08. The first-order valence-corrected chi connectivity index (χ1v) is 9.48. The van der Waals surface area contributed by atoms with E-state index in [0.29, 0.717) is 13.3 Å². The van der Waals surface area contributed by atoms with Gasteiger partial charge in [0.1, 0.15) is 0 Å². The third-order valence-corrected chi connectivity index (χ3v) is 5.60. The molecule has 0 unspecified atom stereocenters. The average molecular weight is 387 g/mol. The van der Waals surface area contributed by atoms with Gasteiger partial charge in [0.2, 0.25) is 0 Å². The van der Waals surface area contributed by atoms with Gasteiger partial charge in [0, 0.05) is 26.2 Å². The van der Waals surface area contributed by atoms with E-state index in [2.05, 4.69) is 43.9 Å². The molecule has 7 heteroatoms. The fourth-order valence-corrected chi connectivity index (χ4v) is 4.20. The van der Waals surface area contributed by atoms with Crippen LogP contribution in [0.15, 0.2) is 66.7 Å². The molecule has 0 radical (unpaired) electrons. The van der Waals surface area contributed by atoms with Crippen molar-refractivity contribution >= 4 is 39.8 Å². The molecule has 3 aromatic carbocycles. The molecule has 0 spiro atoms. The molecule has 7 nitrogen and oxygen atoms in total. The summed E-state index contributed by atoms with van der Waals surface area (Å²) in [5, 5.41) is 11.7. The van der Waals surface area contributed by atoms with Crippen molar-refractivity contribution in [3.05, 3.63) is 76.8 Å². The second-order valence-corrected chi connectivity index (χ2v) is 7.48. The Morgan fingerprint density at radius 1 is 0.724 bits per heavy atom. The Kier molecular flexibility index (Phi) is 3.84. The van der Waals surface area contributed by atoms with Gasteiger partial charge in [-0.3, -0.25) is 10.1 Å². The molecule has 146 valence electrons. The summed E-state index contributed by atoms with van der Waals surface area (Å²) in [6.07, 6.45) is 0. The first-order valence-electron chi connectivity index (χ1n) is 9.48. The van der Waals surface area contributed by atoms with Crippen LogP contribution in [0, 0.1) is 10.1 Å². The molecule has 29 heavy (non-hydrogen) atoms. The fraction of sp³-hybridized carbons (Fsp3) is 0.182. The molecule has 0 aromatic heterocycles. The van der Waals surface area contributed by atoms with Gasteiger partial charge in [0.25, 0.3) is 5.69 Å². The van der Waals surface area contributed by atoms with Gasteiger partial charge in [-0.1, -0.05) is 24.3 Å². The van der Waals surface area contributed by atoms with Crippen molar-refractivity contribution in [3.63, 3.8) is 0 Å². The number of benzene rings is 3. The van der Waals surface area contributed by atoms with E-state index >= 15 is 0 Å². The lowest BCUT2D eigenvalue weighted by Gasteiger charge is -2.24. The number of nitro groups is 1. The van der Waals surface area contributed by atoms with E-state index in [0.717, 1.165) is 34.1 Å². The number of rotatable bonds is 3. The lowest BCUT2D eigenvalue weighted by molar-refractivity contribution is -0.384. The summed E-state index contributed by atoms with van der Waals surface area (Å²) < 4.78 is 0. The first kappa shape index (κ1) is 17.4. The number of hydrogen-bond donors (Lipinski definition) is 0. The average Bonchev–Trinajstić information content (AvgIpc) is 3.26. The molecule has 0 bridgehead atoms. The van der Waals surface area contributed by atoms with Crippen molar-refractivity contribution in [1.82, 2.24) is 0 Å². The van der Waals surface area contributed by atoms with Crippen LogP contribution in [-0.2, 0) is 0 Å². The maximum atomic E-state index is 11.7. The second-order valence-electron chi connectivity index (χ2n) is 7.48. The number of non-ortho nitro benzene ring substituents is 1. The molecule has 2 heterocycles. The van der Waals surface area contributed by atoms with Crippen LogP contribution >= 0.6 is 0 Å². The fourth-order valence-electron chi connectivity index (χ4n) is 4.20. The third kappa shape index (κ3) is 2.74. The Balaban J connectivity index is 1.63. The molecule has 3 aromatic rings. The van der Waals surface area contributed by atoms with Crippen LogP contribution in [0.4, 0.5) is 39.8 Å². The van der Waals surface area contributed by atoms with Gasteiger partial charge >= 0.3 is 0 Å². The molecule has 0 N–H and O–H groups in total. The minimum absolute atomic E-state index is 0.0940. The second kappa shape index (κ2) is 6.41. The molecule has 0 fully saturated rings. The van der Waals surface area contributed by atoms with Crippen LogP contribution in [0.3, 0.4) is 0 Å². The number of nitrogens with zero attached hydrogens (tertiary/aromatic N) is 5. The number of para-hydroxylation sites is 4. The predicted octanol–water partition coefficient (Wildman–Crippen LogP) is 4.69. The van der Waals surface area contributed by atoms with Crippen molar-refractivity contribution in [3.8, 4) is 0 Å². The minimum Gasteiger partial charge on any atom is -0.355 e. The van der Waals surface area contributed by atoms with Gasteiger partial charge in [-0.05, 0) is 30.3 Å². The number of hydrogen-bond acceptors (Lipinski definition) is 6. The van der Waals surface area contributed by atoms with E-state index in [1.54, 1.807) is 12.1 Å². The maximum Gasteiger partial charge on any atom is 0.273 e. The highest BCUT2D eigenvalue weighted by Gasteiger charge is 2.29. The normalized spacial score (nSPS) is 15.0. The van der Waals surface area contributed by atoms with E-state index in [4.69, 9.17) is 0 Å².